The van der Waals surface area contributed by atoms with E-state index in [1.165, 1.54) is 25.1 Å². The Hall–Kier alpha value is -3.93. The molecule has 2 aliphatic carbocycles. The fourth-order valence-electron chi connectivity index (χ4n) is 8.75. The first kappa shape index (κ1) is 44.1. The van der Waals surface area contributed by atoms with Crippen LogP contribution in [0, 0.1) is 17.3 Å². The lowest BCUT2D eigenvalue weighted by atomic mass is 9.85. The van der Waals surface area contributed by atoms with Gasteiger partial charge < -0.3 is 14.4 Å². The number of ketones is 1. The van der Waals surface area contributed by atoms with Gasteiger partial charge in [-0.05, 0) is 96.3 Å². The molecular weight excluding hydrogens is 844 g/mol. The Kier molecular flexibility index (Phi) is 11.1. The predicted octanol–water partition coefficient (Wildman–Crippen LogP) is 7.95. The van der Waals surface area contributed by atoms with Crippen LogP contribution in [0.5, 0.6) is 5.75 Å². The summed E-state index contributed by atoms with van der Waals surface area (Å²) >= 11 is 6.23. The second-order valence-electron chi connectivity index (χ2n) is 17.8. The highest BCUT2D eigenvalue weighted by Crippen LogP contribution is 2.58. The van der Waals surface area contributed by atoms with Gasteiger partial charge in [0.05, 0.1) is 34.7 Å². The number of halogens is 7. The zero-order chi connectivity index (χ0) is 43.8. The molecule has 7 rings (SSSR count). The van der Waals surface area contributed by atoms with Gasteiger partial charge in [-0.1, -0.05) is 36.6 Å². The highest BCUT2D eigenvalue weighted by molar-refractivity contribution is 7.91. The van der Waals surface area contributed by atoms with Crippen molar-refractivity contribution in [3.05, 3.63) is 46.6 Å². The van der Waals surface area contributed by atoms with Gasteiger partial charge in [0.15, 0.2) is 17.2 Å². The first-order valence-electron chi connectivity index (χ1n) is 20.0. The molecule has 3 aliphatic heterocycles. The zero-order valence-electron chi connectivity index (χ0n) is 33.2. The molecule has 0 radical (unpaired) electrons. The van der Waals surface area contributed by atoms with E-state index < -0.39 is 116 Å². The van der Waals surface area contributed by atoms with Crippen LogP contribution in [0.25, 0.3) is 10.9 Å². The number of hydrogen-bond donors (Lipinski definition) is 1. The SMILES string of the molecule is CC(C)(OC(=O)C[C@H]1CCCCC/C=C\[C@@H]2C[C@@]2(C(=O)NS(=O)(=O)C2(C)CC2)CC(=O)[C@@H]2C[C@]3(CCc4c(c(C(F)(F)F)nc5ccc(Cl)cc45)O3)CN2C1=O)C(F)(F)F. The van der Waals surface area contributed by atoms with Crippen molar-refractivity contribution in [2.45, 2.75) is 139 Å². The quantitative estimate of drug-likeness (QED) is 0.173. The molecule has 19 heteroatoms. The van der Waals surface area contributed by atoms with Crippen LogP contribution in [-0.4, -0.2) is 76.6 Å². The molecule has 2 amide bonds. The third kappa shape index (κ3) is 8.35. The number of rotatable bonds is 6. The average molecular weight is 890 g/mol. The van der Waals surface area contributed by atoms with Crippen LogP contribution >= 0.6 is 11.6 Å². The summed E-state index contributed by atoms with van der Waals surface area (Å²) in [7, 11) is -4.12. The third-order valence-electron chi connectivity index (χ3n) is 13.0. The van der Waals surface area contributed by atoms with E-state index in [9.17, 15) is 53.9 Å². The van der Waals surface area contributed by atoms with Crippen LogP contribution in [0.4, 0.5) is 26.3 Å². The summed E-state index contributed by atoms with van der Waals surface area (Å²) in [5.74, 6) is -6.12. The Morgan fingerprint density at radius 3 is 2.43 bits per heavy atom. The molecule has 1 aromatic carbocycles. The first-order chi connectivity index (χ1) is 27.8. The van der Waals surface area contributed by atoms with Crippen LogP contribution in [0.3, 0.4) is 0 Å². The van der Waals surface area contributed by atoms with E-state index in [1.54, 1.807) is 6.08 Å². The number of ether oxygens (including phenoxy) is 2. The molecule has 60 heavy (non-hydrogen) atoms. The summed E-state index contributed by atoms with van der Waals surface area (Å²) in [6, 6.07) is 2.79. The number of benzene rings is 1. The molecule has 1 N–H and O–H groups in total. The average Bonchev–Trinajstić information content (AvgIpc) is 4.03. The number of sulfonamides is 1. The maximum absolute atomic E-state index is 14.7. The number of aryl methyl sites for hydroxylation is 1. The summed E-state index contributed by atoms with van der Waals surface area (Å²) < 4.78 is 124. The van der Waals surface area contributed by atoms with Gasteiger partial charge in [-0.15, -0.1) is 0 Å². The second kappa shape index (κ2) is 15.2. The molecule has 3 fully saturated rings. The van der Waals surface area contributed by atoms with Crippen molar-refractivity contribution in [2.24, 2.45) is 17.3 Å². The largest absolute Gasteiger partial charge is 0.483 e. The molecule has 0 unspecified atom stereocenters. The number of amides is 2. The number of pyridine rings is 1. The maximum atomic E-state index is 14.7. The van der Waals surface area contributed by atoms with Gasteiger partial charge in [0, 0.05) is 34.7 Å². The maximum Gasteiger partial charge on any atom is 0.437 e. The molecule has 5 aliphatic rings. The minimum Gasteiger partial charge on any atom is -0.483 e. The molecule has 2 aromatic rings. The fourth-order valence-corrected chi connectivity index (χ4v) is 10.3. The van der Waals surface area contributed by atoms with Crippen LogP contribution in [0.2, 0.25) is 5.02 Å². The Bertz CT molecular complexity index is 2260. The number of carbonyl (C=O) groups excluding carboxylic acids is 4. The number of nitrogens with zero attached hydrogens (tertiary/aromatic N) is 2. The van der Waals surface area contributed by atoms with E-state index in [2.05, 4.69) is 9.71 Å². The molecular formula is C41H46ClF6N3O8S. The van der Waals surface area contributed by atoms with Gasteiger partial charge in [-0.2, -0.15) is 26.3 Å². The molecule has 1 saturated heterocycles. The summed E-state index contributed by atoms with van der Waals surface area (Å²) in [5.41, 5.74) is -7.16. The van der Waals surface area contributed by atoms with Crippen molar-refractivity contribution in [2.75, 3.05) is 6.54 Å². The Balaban J connectivity index is 1.27. The van der Waals surface area contributed by atoms with E-state index in [0.717, 1.165) is 4.90 Å². The Labute approximate surface area is 348 Å². The normalized spacial score (nSPS) is 29.0. The van der Waals surface area contributed by atoms with Gasteiger partial charge in [-0.3, -0.25) is 23.9 Å². The van der Waals surface area contributed by atoms with Crippen molar-refractivity contribution in [1.29, 1.82) is 0 Å². The molecule has 4 heterocycles. The van der Waals surface area contributed by atoms with Gasteiger partial charge >= 0.3 is 18.3 Å². The number of hydrogen-bond acceptors (Lipinski definition) is 9. The Morgan fingerprint density at radius 2 is 1.77 bits per heavy atom. The van der Waals surface area contributed by atoms with Crippen molar-refractivity contribution in [3.8, 4) is 5.75 Å². The van der Waals surface area contributed by atoms with Crippen LogP contribution in [0.1, 0.15) is 109 Å². The molecule has 328 valence electrons. The lowest BCUT2D eigenvalue weighted by Gasteiger charge is -2.37. The number of Topliss-reactive ketones (excluding diaryl/α,β-unsaturated/α-hetero) is 1. The molecule has 2 saturated carbocycles. The van der Waals surface area contributed by atoms with Gasteiger partial charge in [0.2, 0.25) is 27.4 Å². The van der Waals surface area contributed by atoms with E-state index in [0.29, 0.717) is 57.8 Å². The minimum absolute atomic E-state index is 0.0107. The molecule has 1 aromatic heterocycles. The van der Waals surface area contributed by atoms with Crippen LogP contribution < -0.4 is 9.46 Å². The number of carbonyl (C=O) groups is 4. The van der Waals surface area contributed by atoms with E-state index in [1.807, 2.05) is 6.08 Å². The number of alkyl halides is 6. The second-order valence-corrected chi connectivity index (χ2v) is 20.5. The number of fused-ring (bicyclic) bond motifs is 5. The first-order valence-corrected chi connectivity index (χ1v) is 21.9. The number of nitrogens with one attached hydrogen (secondary N) is 1. The minimum atomic E-state index is -4.99. The molecule has 11 nitrogen and oxygen atoms in total. The van der Waals surface area contributed by atoms with Crippen molar-refractivity contribution < 1.29 is 63.4 Å². The molecule has 5 atom stereocenters. The van der Waals surface area contributed by atoms with E-state index in [4.69, 9.17) is 21.1 Å². The van der Waals surface area contributed by atoms with Crippen molar-refractivity contribution in [1.82, 2.24) is 14.6 Å². The highest BCUT2D eigenvalue weighted by atomic mass is 35.5. The zero-order valence-corrected chi connectivity index (χ0v) is 34.8. The molecule has 0 bridgehead atoms. The summed E-state index contributed by atoms with van der Waals surface area (Å²) in [4.78, 5) is 61.5. The highest BCUT2D eigenvalue weighted by Gasteiger charge is 2.64. The van der Waals surface area contributed by atoms with E-state index in [-0.39, 0.29) is 48.2 Å². The van der Waals surface area contributed by atoms with Gasteiger partial charge in [0.25, 0.3) is 0 Å². The topological polar surface area (TPSA) is 149 Å². The lowest BCUT2D eigenvalue weighted by molar-refractivity contribution is -0.257. The number of aromatic nitrogens is 1. The summed E-state index contributed by atoms with van der Waals surface area (Å²) in [6.45, 7) is 2.40. The van der Waals surface area contributed by atoms with Crippen molar-refractivity contribution >= 4 is 56.1 Å². The van der Waals surface area contributed by atoms with Crippen LogP contribution in [-0.2, 0) is 46.5 Å². The fraction of sp³-hybridized carbons (Fsp3) is 0.634. The summed E-state index contributed by atoms with van der Waals surface area (Å²) in [5, 5.41) is 0.555. The molecule has 1 spiro atoms. The summed E-state index contributed by atoms with van der Waals surface area (Å²) in [6.07, 6.45) is -5.19. The third-order valence-corrected chi connectivity index (χ3v) is 15.4. The van der Waals surface area contributed by atoms with Crippen molar-refractivity contribution in [3.63, 3.8) is 0 Å². The predicted molar refractivity (Wildman–Crippen MR) is 205 cm³/mol. The monoisotopic (exact) mass is 889 g/mol. The van der Waals surface area contributed by atoms with Crippen LogP contribution in [0.15, 0.2) is 30.4 Å². The standard InChI is InChI=1S/C41H46ClF6N3O8S/c1-36(2,41(46,47)48)58-31(53)17-23-9-7-5-4-6-8-10-24-19-39(24,35(55)50-60(56,57)37(3)15-16-37)21-30(52)29-20-38(22-51(29)34(23)54)14-13-26-27-18-25(42)11-12-28(27)49-33(32(26)59-38)40(43,44)45/h8,10-12,18,23-24,29H,4-7,9,13-17,19-22H2,1-3H3,(H,50,55)/b10-8-/t23-,24-,29+,38-,39-/m1/s1. The Morgan fingerprint density at radius 1 is 1.05 bits per heavy atom. The van der Waals surface area contributed by atoms with Gasteiger partial charge in [-0.25, -0.2) is 13.4 Å². The lowest BCUT2D eigenvalue weighted by Crippen LogP contribution is -2.48. The number of esters is 1. The van der Waals surface area contributed by atoms with Gasteiger partial charge in [0.1, 0.15) is 5.60 Å². The smallest absolute Gasteiger partial charge is 0.437 e. The van der Waals surface area contributed by atoms with E-state index >= 15 is 0 Å². The number of allylic oxidation sites excluding steroid dienone is 2.